The Morgan fingerprint density at radius 1 is 0.464 bits per heavy atom. The summed E-state index contributed by atoms with van der Waals surface area (Å²) in [5.41, 5.74) is 16.5. The molecule has 0 unspecified atom stereocenters. The fraction of sp³-hybridized carbons (Fsp3) is 0.337. The summed E-state index contributed by atoms with van der Waals surface area (Å²) in [6, 6.07) is 44.4. The number of benzene rings is 6. The second kappa shape index (κ2) is 42.6. The molecular weight excluding hydrogens is 1700 g/mol. The molecule has 0 spiro atoms. The standard InChI is InChI=1S/C16H17NO2.C15H17NO.C15H15NO.C14H14BrNO2.C11H9BrO2.C10H7BrO2.C4H7Br.4CH4.H2O4S/c1-3-11-6-7-13-9-15(16(18)19-2)17(14(13)8-11)10-12-4-5-12;2*1-2-11-5-6-13-8-14(10-17)16(15(13)7-11)9-12-3-4-12;1-18-14(17)13-6-10-4-5-11(15)7-12(10)16(13)8-9-2-3-9;1-14-11(13)9-4-7-2-3-10(12)6-8(7)5-9;11-9-2-1-6-3-8(10(12)13)4-7(6)5-9;5-3-4-1-2-4;;;;;1-5(2,3)4/h3,6-9,12H,1,4-5,10H2,2H3;2,5-8,12,17H,1,3-4,9-10H2;2,5-8,10,12H,1,3-4,9H2;4-7,9H,2-3,8H2,1H3;2-4,6H,5H2,1H3;1-3,5H,4H2,(H,12,13);4H,1-3H2;4*1H4;(H2,1,2,3,4). The Morgan fingerprint density at radius 2 is 0.804 bits per heavy atom. The van der Waals surface area contributed by atoms with Gasteiger partial charge >= 0.3 is 34.3 Å². The van der Waals surface area contributed by atoms with Gasteiger partial charge in [-0.25, -0.2) is 19.2 Å². The maximum atomic E-state index is 11.9. The van der Waals surface area contributed by atoms with Gasteiger partial charge in [0, 0.05) is 113 Å². The van der Waals surface area contributed by atoms with Crippen LogP contribution in [0.5, 0.6) is 0 Å². The highest BCUT2D eigenvalue weighted by Crippen LogP contribution is 2.39. The molecule has 0 atom stereocenters. The van der Waals surface area contributed by atoms with Gasteiger partial charge in [-0.3, -0.25) is 13.9 Å². The number of carbonyl (C=O) groups excluding carboxylic acids is 4. The molecule has 4 heterocycles. The largest absolute Gasteiger partial charge is 0.478 e. The van der Waals surface area contributed by atoms with Crippen LogP contribution in [0.1, 0.15) is 170 Å². The Morgan fingerprint density at radius 3 is 1.18 bits per heavy atom. The lowest BCUT2D eigenvalue weighted by Crippen LogP contribution is -2.11. The minimum Gasteiger partial charge on any atom is -0.478 e. The Balaban J connectivity index is 0.000000203. The fourth-order valence-electron chi connectivity index (χ4n) is 12.6. The normalized spacial score (nSPS) is 14.3. The van der Waals surface area contributed by atoms with Crippen LogP contribution in [0.2, 0.25) is 0 Å². The molecule has 7 aliphatic rings. The van der Waals surface area contributed by atoms with Crippen molar-refractivity contribution in [2.75, 3.05) is 26.7 Å². The molecule has 0 aliphatic heterocycles. The quantitative estimate of drug-likeness (QED) is 0.0205. The molecule has 10 aromatic rings. The predicted molar refractivity (Wildman–Crippen MR) is 470 cm³/mol. The number of fused-ring (bicyclic) bond motifs is 6. The number of hydrogen-bond donors (Lipinski definition) is 4. The number of aliphatic hydroxyl groups is 1. The third-order valence-corrected chi connectivity index (χ3v) is 21.8. The van der Waals surface area contributed by atoms with E-state index in [4.69, 9.17) is 32.1 Å². The zero-order valence-corrected chi connectivity index (χ0v) is 67.6. The predicted octanol–water partition coefficient (Wildman–Crippen LogP) is 22.5. The van der Waals surface area contributed by atoms with E-state index in [1.165, 1.54) is 107 Å². The number of rotatable bonds is 18. The first kappa shape index (κ1) is 92.3. The first-order chi connectivity index (χ1) is 51.8. The number of alkyl halides is 1. The number of nitrogens with zero attached hydrogens (tertiary/aromatic N) is 4. The van der Waals surface area contributed by atoms with Gasteiger partial charge in [0.15, 0.2) is 6.29 Å². The molecule has 7 aliphatic carbocycles. The molecule has 0 radical (unpaired) electrons. The van der Waals surface area contributed by atoms with Crippen molar-refractivity contribution in [3.05, 3.63) is 239 Å². The van der Waals surface area contributed by atoms with E-state index in [1.54, 1.807) is 6.08 Å². The summed E-state index contributed by atoms with van der Waals surface area (Å²) in [5, 5.41) is 23.9. The summed E-state index contributed by atoms with van der Waals surface area (Å²) in [6.45, 7) is 15.3. The van der Waals surface area contributed by atoms with Crippen LogP contribution >= 0.6 is 63.7 Å². The summed E-state index contributed by atoms with van der Waals surface area (Å²) in [6.07, 6.45) is 24.5. The lowest BCUT2D eigenvalue weighted by molar-refractivity contribution is -0.136. The van der Waals surface area contributed by atoms with Gasteiger partial charge in [-0.2, -0.15) is 8.42 Å². The van der Waals surface area contributed by atoms with Crippen LogP contribution in [0.25, 0.3) is 74.0 Å². The number of carboxylic acids is 1. The zero-order chi connectivity index (χ0) is 77.5. The summed E-state index contributed by atoms with van der Waals surface area (Å²) in [5.74, 6) is 2.44. The van der Waals surface area contributed by atoms with Gasteiger partial charge in [0.2, 0.25) is 0 Å². The molecule has 0 bridgehead atoms. The highest BCUT2D eigenvalue weighted by molar-refractivity contribution is 9.11. The minimum atomic E-state index is -4.67. The molecular formula is C89H104Br4N4O14S. The highest BCUT2D eigenvalue weighted by Gasteiger charge is 2.29. The molecule has 23 heteroatoms. The molecule has 17 rings (SSSR count). The minimum absolute atomic E-state index is 0. The number of hydrogen-bond acceptors (Lipinski definition) is 11. The van der Waals surface area contributed by atoms with Gasteiger partial charge < -0.3 is 42.7 Å². The van der Waals surface area contributed by atoms with E-state index >= 15 is 0 Å². The van der Waals surface area contributed by atoms with Gasteiger partial charge in [-0.05, 0) is 229 Å². The van der Waals surface area contributed by atoms with E-state index in [-0.39, 0.29) is 54.2 Å². The van der Waals surface area contributed by atoms with Crippen LogP contribution in [0, 0.1) is 29.6 Å². The smallest absolute Gasteiger partial charge is 0.394 e. The van der Waals surface area contributed by atoms with E-state index in [1.807, 2.05) is 109 Å². The molecule has 6 aromatic carbocycles. The molecule has 4 aromatic heterocycles. The number of methoxy groups -OCH3 is 3. The lowest BCUT2D eigenvalue weighted by atomic mass is 10.1. The number of aliphatic carboxylic acids is 1. The molecule has 0 amide bonds. The number of aromatic nitrogens is 4. The Labute approximate surface area is 692 Å². The second-order valence-electron chi connectivity index (χ2n) is 27.7. The summed E-state index contributed by atoms with van der Waals surface area (Å²) < 4.78 is 57.7. The monoisotopic (exact) mass is 1800 g/mol. The number of halogens is 4. The lowest BCUT2D eigenvalue weighted by Gasteiger charge is -2.09. The van der Waals surface area contributed by atoms with Crippen molar-refractivity contribution in [3.63, 3.8) is 0 Å². The maximum absolute atomic E-state index is 11.9. The van der Waals surface area contributed by atoms with Crippen molar-refractivity contribution < 1.29 is 65.9 Å². The summed E-state index contributed by atoms with van der Waals surface area (Å²) >= 11 is 13.6. The van der Waals surface area contributed by atoms with Crippen LogP contribution in [-0.4, -0.2) is 103 Å². The molecule has 18 nitrogen and oxygen atoms in total. The van der Waals surface area contributed by atoms with Crippen LogP contribution in [0.15, 0.2) is 178 Å². The topological polar surface area (TPSA) is 248 Å². The van der Waals surface area contributed by atoms with Gasteiger partial charge in [0.05, 0.1) is 33.6 Å². The second-order valence-corrected chi connectivity index (χ2v) is 32.0. The Kier molecular flexibility index (Phi) is 35.1. The van der Waals surface area contributed by atoms with Crippen LogP contribution in [0.3, 0.4) is 0 Å². The van der Waals surface area contributed by atoms with Crippen LogP contribution in [-0.2, 0) is 79.8 Å². The van der Waals surface area contributed by atoms with Crippen molar-refractivity contribution in [1.82, 2.24) is 18.3 Å². The maximum Gasteiger partial charge on any atom is 0.394 e. The van der Waals surface area contributed by atoms with Crippen LogP contribution < -0.4 is 0 Å². The third kappa shape index (κ3) is 26.0. The van der Waals surface area contributed by atoms with Gasteiger partial charge in [0.1, 0.15) is 11.4 Å². The van der Waals surface area contributed by atoms with E-state index < -0.39 is 16.4 Å². The van der Waals surface area contributed by atoms with Gasteiger partial charge in [0.25, 0.3) is 0 Å². The average molecular weight is 1810 g/mol. The van der Waals surface area contributed by atoms with Crippen molar-refractivity contribution in [2.24, 2.45) is 29.6 Å². The van der Waals surface area contributed by atoms with Gasteiger partial charge in [-0.15, -0.1) is 0 Å². The van der Waals surface area contributed by atoms with E-state index in [0.717, 1.165) is 147 Å². The van der Waals surface area contributed by atoms with Crippen molar-refractivity contribution in [3.8, 4) is 0 Å². The van der Waals surface area contributed by atoms with Crippen molar-refractivity contribution >= 4 is 178 Å². The zero-order valence-electron chi connectivity index (χ0n) is 60.5. The highest BCUT2D eigenvalue weighted by atomic mass is 79.9. The molecule has 112 heavy (non-hydrogen) atoms. The SMILES string of the molecule is BrCC1CC1.C.C.C.C.C=Cc1ccc2cc(C(=O)OC)n(CC3CC3)c2c1.C=Cc1ccc2cc(C=O)n(CC3CC3)c2c1.C=Cc1ccc2cc(CO)n(CC3CC3)c2c1.COC(=O)C1=Cc2ccc(Br)cc2C1.COC(=O)c1cc2ccc(Br)cc2n1CC1CC1.O=C(O)C1=Cc2ccc(Br)cc2C1.O=S(=O)(O)O. The molecule has 4 N–H and O–H groups in total. The number of carbonyl (C=O) groups is 5. The third-order valence-electron chi connectivity index (χ3n) is 19.4. The number of ether oxygens (including phenoxy) is 3. The molecule has 5 fully saturated rings. The molecule has 598 valence electrons. The van der Waals surface area contributed by atoms with E-state index in [0.29, 0.717) is 41.6 Å². The number of carboxylic acid groups (broad SMARTS) is 1. The van der Waals surface area contributed by atoms with E-state index in [2.05, 4.69) is 155 Å². The molecule has 0 saturated heterocycles. The average Bonchev–Trinajstić information content (AvgIpc) is 1.65. The van der Waals surface area contributed by atoms with Crippen molar-refractivity contribution in [2.45, 2.75) is 140 Å². The van der Waals surface area contributed by atoms with Crippen LogP contribution in [0.4, 0.5) is 0 Å². The van der Waals surface area contributed by atoms with Gasteiger partial charge in [-0.1, -0.05) is 186 Å². The number of esters is 3. The first-order valence-electron chi connectivity index (χ1n) is 35.7. The Hall–Kier alpha value is -8.52. The van der Waals surface area contributed by atoms with E-state index in [9.17, 15) is 29.1 Å². The number of aldehydes is 1. The number of aliphatic hydroxyl groups excluding tert-OH is 1. The Bertz CT molecular complexity index is 5190. The van der Waals surface area contributed by atoms with Crippen molar-refractivity contribution in [1.29, 1.82) is 0 Å². The summed E-state index contributed by atoms with van der Waals surface area (Å²) in [4.78, 5) is 56.8. The summed E-state index contributed by atoms with van der Waals surface area (Å²) in [7, 11) is -0.407. The molecule has 5 saturated carbocycles. The first-order valence-corrected chi connectivity index (χ1v) is 40.6. The fourth-order valence-corrected chi connectivity index (χ4v) is 14.4.